The van der Waals surface area contributed by atoms with E-state index in [1.54, 1.807) is 0 Å². The number of nitrogens with two attached hydrogens (primary N) is 2. The first-order valence-electron chi connectivity index (χ1n) is 6.34. The number of anilines is 4. The van der Waals surface area contributed by atoms with Crippen LogP contribution in [0.3, 0.4) is 0 Å². The molecule has 0 aliphatic heterocycles. The predicted octanol–water partition coefficient (Wildman–Crippen LogP) is 2.68. The Bertz CT molecular complexity index is 534. The van der Waals surface area contributed by atoms with Gasteiger partial charge in [-0.05, 0) is 55.0 Å². The molecule has 0 aliphatic carbocycles. The average Bonchev–Trinajstić information content (AvgIpc) is 2.41. The maximum absolute atomic E-state index is 5.78. The summed E-state index contributed by atoms with van der Waals surface area (Å²) in [6.07, 6.45) is 0. The molecule has 0 spiro atoms. The summed E-state index contributed by atoms with van der Waals surface area (Å²) in [7, 11) is 0. The summed E-state index contributed by atoms with van der Waals surface area (Å²) in [4.78, 5) is 0. The molecule has 4 heteroatoms. The third kappa shape index (κ3) is 3.81. The number of nitrogen functional groups attached to an aromatic ring is 2. The van der Waals surface area contributed by atoms with Crippen molar-refractivity contribution in [2.45, 2.75) is 6.92 Å². The zero-order valence-electron chi connectivity index (χ0n) is 11.1. The minimum absolute atomic E-state index is 0.779. The van der Waals surface area contributed by atoms with Crippen LogP contribution in [0, 0.1) is 6.92 Å². The quantitative estimate of drug-likeness (QED) is 0.490. The van der Waals surface area contributed by atoms with E-state index in [0.717, 1.165) is 41.4 Å². The Morgan fingerprint density at radius 1 is 0.842 bits per heavy atom. The SMILES string of the molecule is Cc1cc(NCCNc2ccc(N)cc2)ccc1N. The average molecular weight is 256 g/mol. The van der Waals surface area contributed by atoms with E-state index in [0.29, 0.717) is 0 Å². The van der Waals surface area contributed by atoms with E-state index < -0.39 is 0 Å². The van der Waals surface area contributed by atoms with E-state index in [1.165, 1.54) is 0 Å². The van der Waals surface area contributed by atoms with Crippen LogP contribution < -0.4 is 22.1 Å². The number of hydrogen-bond donors (Lipinski definition) is 4. The molecule has 0 heterocycles. The number of nitrogens with one attached hydrogen (secondary N) is 2. The molecule has 0 aromatic heterocycles. The van der Waals surface area contributed by atoms with Crippen molar-refractivity contribution in [3.05, 3.63) is 48.0 Å². The lowest BCUT2D eigenvalue weighted by atomic mass is 10.2. The zero-order chi connectivity index (χ0) is 13.7. The van der Waals surface area contributed by atoms with Gasteiger partial charge in [-0.25, -0.2) is 0 Å². The Hall–Kier alpha value is -2.36. The van der Waals surface area contributed by atoms with E-state index in [-0.39, 0.29) is 0 Å². The van der Waals surface area contributed by atoms with Gasteiger partial charge in [-0.3, -0.25) is 0 Å². The summed E-state index contributed by atoms with van der Waals surface area (Å²) in [5, 5.41) is 6.68. The largest absolute Gasteiger partial charge is 0.399 e. The van der Waals surface area contributed by atoms with Crippen LogP contribution in [0.15, 0.2) is 42.5 Å². The van der Waals surface area contributed by atoms with Gasteiger partial charge in [0.05, 0.1) is 0 Å². The van der Waals surface area contributed by atoms with Gasteiger partial charge in [0.25, 0.3) is 0 Å². The lowest BCUT2D eigenvalue weighted by Gasteiger charge is -2.10. The van der Waals surface area contributed by atoms with Crippen molar-refractivity contribution in [3.8, 4) is 0 Å². The molecular weight excluding hydrogens is 236 g/mol. The van der Waals surface area contributed by atoms with Crippen LogP contribution in [0.4, 0.5) is 22.7 Å². The van der Waals surface area contributed by atoms with Crippen LogP contribution in [0.2, 0.25) is 0 Å². The van der Waals surface area contributed by atoms with Crippen molar-refractivity contribution in [1.29, 1.82) is 0 Å². The summed E-state index contributed by atoms with van der Waals surface area (Å²) >= 11 is 0. The van der Waals surface area contributed by atoms with Gasteiger partial charge in [-0.15, -0.1) is 0 Å². The Morgan fingerprint density at radius 3 is 2.05 bits per heavy atom. The fourth-order valence-electron chi connectivity index (χ4n) is 1.80. The molecule has 2 rings (SSSR count). The summed E-state index contributed by atoms with van der Waals surface area (Å²) in [5.74, 6) is 0. The highest BCUT2D eigenvalue weighted by Gasteiger charge is 1.96. The van der Waals surface area contributed by atoms with Crippen molar-refractivity contribution >= 4 is 22.7 Å². The van der Waals surface area contributed by atoms with Gasteiger partial charge in [0, 0.05) is 35.8 Å². The third-order valence-electron chi connectivity index (χ3n) is 2.96. The maximum Gasteiger partial charge on any atom is 0.0345 e. The van der Waals surface area contributed by atoms with Gasteiger partial charge in [0.2, 0.25) is 0 Å². The van der Waals surface area contributed by atoms with E-state index in [1.807, 2.05) is 43.3 Å². The molecule has 0 amide bonds. The molecule has 0 atom stereocenters. The number of rotatable bonds is 5. The highest BCUT2D eigenvalue weighted by Crippen LogP contribution is 2.16. The van der Waals surface area contributed by atoms with Crippen molar-refractivity contribution in [2.75, 3.05) is 35.2 Å². The highest BCUT2D eigenvalue weighted by molar-refractivity contribution is 5.57. The second kappa shape index (κ2) is 6.00. The standard InChI is InChI=1S/C15H20N4/c1-11-10-14(6-7-15(11)17)19-9-8-18-13-4-2-12(16)3-5-13/h2-7,10,18-19H,8-9,16-17H2,1H3. The zero-order valence-corrected chi connectivity index (χ0v) is 11.1. The second-order valence-corrected chi connectivity index (χ2v) is 4.55. The summed E-state index contributed by atoms with van der Waals surface area (Å²) < 4.78 is 0. The van der Waals surface area contributed by atoms with Crippen LogP contribution in [0.5, 0.6) is 0 Å². The van der Waals surface area contributed by atoms with Crippen LogP contribution in [0.1, 0.15) is 5.56 Å². The summed E-state index contributed by atoms with van der Waals surface area (Å²) in [6, 6.07) is 13.7. The summed E-state index contributed by atoms with van der Waals surface area (Å²) in [6.45, 7) is 3.69. The Morgan fingerprint density at radius 2 is 1.42 bits per heavy atom. The molecule has 2 aromatic rings. The lowest BCUT2D eigenvalue weighted by Crippen LogP contribution is -2.13. The molecule has 0 saturated heterocycles. The molecule has 6 N–H and O–H groups in total. The highest BCUT2D eigenvalue weighted by atomic mass is 14.9. The second-order valence-electron chi connectivity index (χ2n) is 4.55. The maximum atomic E-state index is 5.78. The number of hydrogen-bond acceptors (Lipinski definition) is 4. The molecule has 100 valence electrons. The van der Waals surface area contributed by atoms with E-state index >= 15 is 0 Å². The molecule has 0 bridgehead atoms. The van der Waals surface area contributed by atoms with Gasteiger partial charge in [0.15, 0.2) is 0 Å². The molecule has 0 fully saturated rings. The molecule has 0 unspecified atom stereocenters. The molecule has 0 saturated carbocycles. The molecule has 19 heavy (non-hydrogen) atoms. The minimum Gasteiger partial charge on any atom is -0.399 e. The molecule has 0 radical (unpaired) electrons. The predicted molar refractivity (Wildman–Crippen MR) is 83.4 cm³/mol. The Kier molecular flexibility index (Phi) is 4.13. The molecule has 0 aliphatic rings. The molecule has 4 nitrogen and oxygen atoms in total. The first-order valence-corrected chi connectivity index (χ1v) is 6.34. The van der Waals surface area contributed by atoms with Crippen LogP contribution in [-0.2, 0) is 0 Å². The Balaban J connectivity index is 1.77. The Labute approximate surface area is 113 Å². The van der Waals surface area contributed by atoms with Gasteiger partial charge in [0.1, 0.15) is 0 Å². The van der Waals surface area contributed by atoms with Gasteiger partial charge in [-0.1, -0.05) is 0 Å². The van der Waals surface area contributed by atoms with Crippen LogP contribution >= 0.6 is 0 Å². The minimum atomic E-state index is 0.779. The molecular formula is C15H20N4. The number of benzene rings is 2. The normalized spacial score (nSPS) is 10.2. The van der Waals surface area contributed by atoms with Crippen LogP contribution in [0.25, 0.3) is 0 Å². The smallest absolute Gasteiger partial charge is 0.0345 e. The van der Waals surface area contributed by atoms with Crippen molar-refractivity contribution < 1.29 is 0 Å². The lowest BCUT2D eigenvalue weighted by molar-refractivity contribution is 1.08. The van der Waals surface area contributed by atoms with Gasteiger partial charge in [-0.2, -0.15) is 0 Å². The fourth-order valence-corrected chi connectivity index (χ4v) is 1.80. The van der Waals surface area contributed by atoms with E-state index in [2.05, 4.69) is 16.7 Å². The van der Waals surface area contributed by atoms with Gasteiger partial charge < -0.3 is 22.1 Å². The first-order chi connectivity index (χ1) is 9.15. The van der Waals surface area contributed by atoms with Crippen molar-refractivity contribution in [1.82, 2.24) is 0 Å². The third-order valence-corrected chi connectivity index (χ3v) is 2.96. The first kappa shape index (κ1) is 13.1. The van der Waals surface area contributed by atoms with Crippen molar-refractivity contribution in [3.63, 3.8) is 0 Å². The fraction of sp³-hybridized carbons (Fsp3) is 0.200. The summed E-state index contributed by atoms with van der Waals surface area (Å²) in [5.41, 5.74) is 16.3. The van der Waals surface area contributed by atoms with Crippen molar-refractivity contribution in [2.24, 2.45) is 0 Å². The van der Waals surface area contributed by atoms with Gasteiger partial charge >= 0.3 is 0 Å². The van der Waals surface area contributed by atoms with E-state index in [9.17, 15) is 0 Å². The van der Waals surface area contributed by atoms with Crippen LogP contribution in [-0.4, -0.2) is 13.1 Å². The monoisotopic (exact) mass is 256 g/mol. The molecule has 2 aromatic carbocycles. The topological polar surface area (TPSA) is 76.1 Å². The number of aryl methyl sites for hydroxylation is 1. The van der Waals surface area contributed by atoms with E-state index in [4.69, 9.17) is 11.5 Å².